The molecule has 0 fully saturated rings. The maximum Gasteiger partial charge on any atom is 0.152 e. The zero-order valence-electron chi connectivity index (χ0n) is 7.40. The molecule has 0 saturated heterocycles. The van der Waals surface area contributed by atoms with E-state index in [2.05, 4.69) is 4.98 Å². The monoisotopic (exact) mass is 200 g/mol. The van der Waals surface area contributed by atoms with Gasteiger partial charge in [0.1, 0.15) is 16.7 Å². The fraction of sp³-hybridized carbons (Fsp3) is 0.375. The fourth-order valence-electron chi connectivity index (χ4n) is 0.808. The van der Waals surface area contributed by atoms with E-state index in [1.165, 1.54) is 0 Å². The van der Waals surface area contributed by atoms with E-state index in [4.69, 9.17) is 10.5 Å². The molecule has 2 N–H and O–H groups in total. The molecule has 0 spiro atoms. The third kappa shape index (κ3) is 2.78. The predicted molar refractivity (Wildman–Crippen MR) is 51.6 cm³/mol. The Morgan fingerprint density at radius 2 is 2.46 bits per heavy atom. The summed E-state index contributed by atoms with van der Waals surface area (Å²) in [6.45, 7) is 2.39. The summed E-state index contributed by atoms with van der Waals surface area (Å²) in [5.74, 6) is 0.151. The number of anilines is 1. The van der Waals surface area contributed by atoms with Gasteiger partial charge >= 0.3 is 0 Å². The van der Waals surface area contributed by atoms with E-state index >= 15 is 0 Å². The Hall–Kier alpha value is -0.940. The van der Waals surface area contributed by atoms with Crippen LogP contribution >= 0.6 is 0 Å². The number of aromatic nitrogens is 1. The van der Waals surface area contributed by atoms with E-state index in [1.807, 2.05) is 6.92 Å². The number of nitrogen functional groups attached to an aromatic ring is 1. The SMILES string of the molecule is CCOCS(=O)c1ncccc1N. The normalized spacial score (nSPS) is 12.7. The third-order valence-corrected chi connectivity index (χ3v) is 2.56. The van der Waals surface area contributed by atoms with Gasteiger partial charge in [-0.1, -0.05) is 0 Å². The molecule has 0 aromatic carbocycles. The highest BCUT2D eigenvalue weighted by Crippen LogP contribution is 2.11. The van der Waals surface area contributed by atoms with Gasteiger partial charge in [0.15, 0.2) is 5.03 Å². The number of ether oxygens (including phenoxy) is 1. The van der Waals surface area contributed by atoms with E-state index in [0.717, 1.165) is 0 Å². The van der Waals surface area contributed by atoms with E-state index in [9.17, 15) is 4.21 Å². The largest absolute Gasteiger partial charge is 0.396 e. The molecule has 4 nitrogen and oxygen atoms in total. The quantitative estimate of drug-likeness (QED) is 0.779. The van der Waals surface area contributed by atoms with Crippen LogP contribution in [0.25, 0.3) is 0 Å². The fourth-order valence-corrected chi connectivity index (χ4v) is 1.75. The zero-order valence-corrected chi connectivity index (χ0v) is 8.21. The molecule has 0 amide bonds. The molecule has 72 valence electrons. The van der Waals surface area contributed by atoms with Crippen molar-refractivity contribution < 1.29 is 8.95 Å². The van der Waals surface area contributed by atoms with Crippen molar-refractivity contribution in [3.63, 3.8) is 0 Å². The zero-order chi connectivity index (χ0) is 9.68. The molecular formula is C8H12N2O2S. The smallest absolute Gasteiger partial charge is 0.152 e. The van der Waals surface area contributed by atoms with Gasteiger partial charge in [0.05, 0.1) is 5.69 Å². The summed E-state index contributed by atoms with van der Waals surface area (Å²) in [6, 6.07) is 3.38. The van der Waals surface area contributed by atoms with Crippen molar-refractivity contribution in [3.8, 4) is 0 Å². The van der Waals surface area contributed by atoms with Gasteiger partial charge in [0.25, 0.3) is 0 Å². The van der Waals surface area contributed by atoms with Gasteiger partial charge in [-0.2, -0.15) is 0 Å². The average molecular weight is 200 g/mol. The van der Waals surface area contributed by atoms with Crippen molar-refractivity contribution in [2.24, 2.45) is 0 Å². The molecule has 1 unspecified atom stereocenters. The second-order valence-electron chi connectivity index (χ2n) is 2.35. The van der Waals surface area contributed by atoms with E-state index < -0.39 is 10.8 Å². The van der Waals surface area contributed by atoms with Gasteiger partial charge in [0.2, 0.25) is 0 Å². The number of nitrogens with zero attached hydrogens (tertiary/aromatic N) is 1. The van der Waals surface area contributed by atoms with Crippen LogP contribution in [-0.2, 0) is 15.5 Å². The van der Waals surface area contributed by atoms with Crippen molar-refractivity contribution in [1.29, 1.82) is 0 Å². The number of hydrogen-bond acceptors (Lipinski definition) is 4. The standard InChI is InChI=1S/C8H12N2O2S/c1-2-12-6-13(11)8-7(9)4-3-5-10-8/h3-5H,2,6,9H2,1H3. The van der Waals surface area contributed by atoms with E-state index in [-0.39, 0.29) is 5.94 Å². The molecule has 1 atom stereocenters. The Balaban J connectivity index is 2.71. The van der Waals surface area contributed by atoms with Crippen LogP contribution in [0.4, 0.5) is 5.69 Å². The number of rotatable bonds is 4. The summed E-state index contributed by atoms with van der Waals surface area (Å²) in [7, 11) is -1.25. The molecule has 1 rings (SSSR count). The first-order valence-electron chi connectivity index (χ1n) is 3.92. The minimum atomic E-state index is -1.25. The molecular weight excluding hydrogens is 188 g/mol. The molecule has 0 aliphatic carbocycles. The molecule has 0 aliphatic rings. The topological polar surface area (TPSA) is 65.2 Å². The van der Waals surface area contributed by atoms with Gasteiger partial charge in [0, 0.05) is 12.8 Å². The van der Waals surface area contributed by atoms with Crippen LogP contribution in [0.1, 0.15) is 6.92 Å². The molecule has 0 saturated carbocycles. The Morgan fingerprint density at radius 1 is 1.69 bits per heavy atom. The average Bonchev–Trinajstić information content (AvgIpc) is 2.15. The lowest BCUT2D eigenvalue weighted by Crippen LogP contribution is -2.06. The molecule has 1 heterocycles. The third-order valence-electron chi connectivity index (χ3n) is 1.41. The summed E-state index contributed by atoms with van der Waals surface area (Å²) < 4.78 is 16.5. The van der Waals surface area contributed by atoms with Crippen molar-refractivity contribution >= 4 is 16.5 Å². The Kier molecular flexibility index (Phi) is 3.85. The van der Waals surface area contributed by atoms with Gasteiger partial charge in [-0.3, -0.25) is 4.21 Å². The summed E-state index contributed by atoms with van der Waals surface area (Å²) in [4.78, 5) is 3.93. The van der Waals surface area contributed by atoms with Gasteiger partial charge in [-0.15, -0.1) is 0 Å². The van der Waals surface area contributed by atoms with Crippen LogP contribution < -0.4 is 5.73 Å². The minimum Gasteiger partial charge on any atom is -0.396 e. The minimum absolute atomic E-state index is 0.151. The molecule has 13 heavy (non-hydrogen) atoms. The first-order chi connectivity index (χ1) is 6.25. The highest BCUT2D eigenvalue weighted by Gasteiger charge is 2.07. The lowest BCUT2D eigenvalue weighted by molar-refractivity contribution is 0.196. The number of pyridine rings is 1. The second kappa shape index (κ2) is 4.94. The molecule has 1 aromatic heterocycles. The highest BCUT2D eigenvalue weighted by molar-refractivity contribution is 7.84. The van der Waals surface area contributed by atoms with Crippen molar-refractivity contribution in [1.82, 2.24) is 4.98 Å². The Bertz CT molecular complexity index is 304. The molecule has 1 aromatic rings. The van der Waals surface area contributed by atoms with Crippen LogP contribution in [-0.4, -0.2) is 21.7 Å². The maximum atomic E-state index is 11.5. The summed E-state index contributed by atoms with van der Waals surface area (Å²) in [5, 5.41) is 0.399. The molecule has 0 bridgehead atoms. The first-order valence-corrected chi connectivity index (χ1v) is 5.24. The second-order valence-corrected chi connectivity index (χ2v) is 3.67. The lowest BCUT2D eigenvalue weighted by atomic mass is 10.4. The predicted octanol–water partition coefficient (Wildman–Crippen LogP) is 0.765. The molecule has 0 radical (unpaired) electrons. The van der Waals surface area contributed by atoms with Gasteiger partial charge in [-0.25, -0.2) is 4.98 Å². The van der Waals surface area contributed by atoms with Crippen LogP contribution in [0, 0.1) is 0 Å². The van der Waals surface area contributed by atoms with E-state index in [0.29, 0.717) is 17.3 Å². The molecule has 5 heteroatoms. The summed E-state index contributed by atoms with van der Waals surface area (Å²) in [5.41, 5.74) is 6.03. The lowest BCUT2D eigenvalue weighted by Gasteiger charge is -2.03. The number of nitrogens with two attached hydrogens (primary N) is 1. The van der Waals surface area contributed by atoms with Crippen molar-refractivity contribution in [2.75, 3.05) is 18.3 Å². The van der Waals surface area contributed by atoms with Crippen LogP contribution in [0.3, 0.4) is 0 Å². The van der Waals surface area contributed by atoms with E-state index in [1.54, 1.807) is 18.3 Å². The molecule has 0 aliphatic heterocycles. The Labute approximate surface area is 79.6 Å². The summed E-state index contributed by atoms with van der Waals surface area (Å²) in [6.07, 6.45) is 1.57. The van der Waals surface area contributed by atoms with Crippen LogP contribution in [0.5, 0.6) is 0 Å². The summed E-state index contributed by atoms with van der Waals surface area (Å²) >= 11 is 0. The van der Waals surface area contributed by atoms with Crippen molar-refractivity contribution in [3.05, 3.63) is 18.3 Å². The van der Waals surface area contributed by atoms with Gasteiger partial charge < -0.3 is 10.5 Å². The Morgan fingerprint density at radius 3 is 3.08 bits per heavy atom. The van der Waals surface area contributed by atoms with Crippen LogP contribution in [0.2, 0.25) is 0 Å². The highest BCUT2D eigenvalue weighted by atomic mass is 32.2. The van der Waals surface area contributed by atoms with Crippen LogP contribution in [0.15, 0.2) is 23.4 Å². The van der Waals surface area contributed by atoms with Crippen molar-refractivity contribution in [2.45, 2.75) is 11.9 Å². The first kappa shape index (κ1) is 10.1. The van der Waals surface area contributed by atoms with Gasteiger partial charge in [-0.05, 0) is 19.1 Å². The number of hydrogen-bond donors (Lipinski definition) is 1. The maximum absolute atomic E-state index is 11.5.